The molecule has 2 amide bonds. The summed E-state index contributed by atoms with van der Waals surface area (Å²) >= 11 is 0. The van der Waals surface area contributed by atoms with Crippen molar-refractivity contribution in [2.45, 2.75) is 6.92 Å². The van der Waals surface area contributed by atoms with E-state index in [0.717, 1.165) is 6.54 Å². The van der Waals surface area contributed by atoms with E-state index in [1.54, 1.807) is 49.4 Å². The largest absolute Gasteiger partial charge is 0.462 e. The molecule has 2 aromatic rings. The molecule has 0 bridgehead atoms. The molecule has 2 aromatic carbocycles. The van der Waals surface area contributed by atoms with Gasteiger partial charge < -0.3 is 20.3 Å². The minimum absolute atomic E-state index is 0.242. The van der Waals surface area contributed by atoms with Crippen LogP contribution in [0, 0.1) is 0 Å². The Morgan fingerprint density at radius 3 is 2.32 bits per heavy atom. The van der Waals surface area contributed by atoms with Crippen LogP contribution in [0.25, 0.3) is 0 Å². The molecule has 7 heteroatoms. The van der Waals surface area contributed by atoms with Gasteiger partial charge >= 0.3 is 5.97 Å². The molecule has 148 valence electrons. The predicted molar refractivity (Wildman–Crippen MR) is 108 cm³/mol. The van der Waals surface area contributed by atoms with E-state index < -0.39 is 11.9 Å². The number of nitrogens with one attached hydrogen (secondary N) is 2. The van der Waals surface area contributed by atoms with Crippen LogP contribution in [0.2, 0.25) is 0 Å². The summed E-state index contributed by atoms with van der Waals surface area (Å²) < 4.78 is 5.01. The lowest BCUT2D eigenvalue weighted by molar-refractivity contribution is 0.0527. The Morgan fingerprint density at radius 1 is 0.964 bits per heavy atom. The van der Waals surface area contributed by atoms with Crippen molar-refractivity contribution in [3.05, 3.63) is 65.2 Å². The third-order valence-electron chi connectivity index (χ3n) is 3.90. The molecule has 0 fully saturated rings. The van der Waals surface area contributed by atoms with Crippen LogP contribution in [-0.4, -0.2) is 56.5 Å². The second kappa shape index (κ2) is 10.2. The first kappa shape index (κ1) is 21.1. The van der Waals surface area contributed by atoms with Crippen LogP contribution in [0.15, 0.2) is 48.5 Å². The first-order chi connectivity index (χ1) is 13.4. The SMILES string of the molecule is CCOC(=O)c1ccccc1NC(=O)c1cccc(C(=O)NCCN(C)C)c1. The van der Waals surface area contributed by atoms with Crippen molar-refractivity contribution in [2.75, 3.05) is 39.1 Å². The highest BCUT2D eigenvalue weighted by atomic mass is 16.5. The molecule has 0 heterocycles. The predicted octanol–water partition coefficient (Wildman–Crippen LogP) is 2.41. The zero-order chi connectivity index (χ0) is 20.5. The number of ether oxygens (including phenoxy) is 1. The Balaban J connectivity index is 2.12. The fourth-order valence-corrected chi connectivity index (χ4v) is 2.47. The first-order valence-electron chi connectivity index (χ1n) is 9.03. The summed E-state index contributed by atoms with van der Waals surface area (Å²) in [6.45, 7) is 3.19. The molecule has 0 radical (unpaired) electrons. The number of amides is 2. The molecule has 0 aromatic heterocycles. The lowest BCUT2D eigenvalue weighted by Gasteiger charge is -2.12. The molecule has 0 aliphatic carbocycles. The molecule has 7 nitrogen and oxygen atoms in total. The van der Waals surface area contributed by atoms with Gasteiger partial charge in [0.2, 0.25) is 0 Å². The lowest BCUT2D eigenvalue weighted by atomic mass is 10.1. The molecule has 0 saturated carbocycles. The average molecular weight is 383 g/mol. The summed E-state index contributed by atoms with van der Waals surface area (Å²) in [5.74, 6) is -1.17. The number of anilines is 1. The number of para-hydroxylation sites is 1. The van der Waals surface area contributed by atoms with E-state index in [0.29, 0.717) is 23.4 Å². The zero-order valence-electron chi connectivity index (χ0n) is 16.3. The zero-order valence-corrected chi connectivity index (χ0v) is 16.3. The highest BCUT2D eigenvalue weighted by molar-refractivity contribution is 6.09. The maximum atomic E-state index is 12.6. The third-order valence-corrected chi connectivity index (χ3v) is 3.90. The van der Waals surface area contributed by atoms with Crippen molar-refractivity contribution in [1.29, 1.82) is 0 Å². The monoisotopic (exact) mass is 383 g/mol. The van der Waals surface area contributed by atoms with E-state index in [9.17, 15) is 14.4 Å². The summed E-state index contributed by atoms with van der Waals surface area (Å²) in [4.78, 5) is 38.9. The Morgan fingerprint density at radius 2 is 1.64 bits per heavy atom. The molecule has 2 N–H and O–H groups in total. The van der Waals surface area contributed by atoms with Gasteiger partial charge in [0, 0.05) is 24.2 Å². The second-order valence-corrected chi connectivity index (χ2v) is 6.36. The molecule has 0 aliphatic rings. The Labute approximate surface area is 164 Å². The minimum atomic E-state index is -0.507. The molecule has 0 saturated heterocycles. The quantitative estimate of drug-likeness (QED) is 0.684. The smallest absolute Gasteiger partial charge is 0.340 e. The summed E-state index contributed by atoms with van der Waals surface area (Å²) in [5.41, 5.74) is 1.34. The molecule has 0 spiro atoms. The van der Waals surface area contributed by atoms with Gasteiger partial charge in [-0.1, -0.05) is 18.2 Å². The van der Waals surface area contributed by atoms with Gasteiger partial charge in [0.25, 0.3) is 11.8 Å². The Bertz CT molecular complexity index is 849. The van der Waals surface area contributed by atoms with Gasteiger partial charge in [-0.25, -0.2) is 4.79 Å². The number of esters is 1. The molecular weight excluding hydrogens is 358 g/mol. The van der Waals surface area contributed by atoms with Crippen molar-refractivity contribution < 1.29 is 19.1 Å². The summed E-state index contributed by atoms with van der Waals surface area (Å²) in [5, 5.41) is 5.52. The topological polar surface area (TPSA) is 87.7 Å². The van der Waals surface area contributed by atoms with Crippen LogP contribution < -0.4 is 10.6 Å². The van der Waals surface area contributed by atoms with Crippen molar-refractivity contribution in [2.24, 2.45) is 0 Å². The first-order valence-corrected chi connectivity index (χ1v) is 9.03. The van der Waals surface area contributed by atoms with E-state index >= 15 is 0 Å². The molecule has 0 atom stereocenters. The lowest BCUT2D eigenvalue weighted by Crippen LogP contribution is -2.31. The standard InChI is InChI=1S/C21H25N3O4/c1-4-28-21(27)17-10-5-6-11-18(17)23-20(26)16-9-7-8-15(14-16)19(25)22-12-13-24(2)3/h5-11,14H,4,12-13H2,1-3H3,(H,22,25)(H,23,26). The molecular formula is C21H25N3O4. The van der Waals surface area contributed by atoms with Crippen molar-refractivity contribution in [3.63, 3.8) is 0 Å². The number of benzene rings is 2. The van der Waals surface area contributed by atoms with Crippen LogP contribution in [-0.2, 0) is 4.74 Å². The average Bonchev–Trinajstić information content (AvgIpc) is 2.68. The van der Waals surface area contributed by atoms with E-state index in [4.69, 9.17) is 4.74 Å². The number of carbonyl (C=O) groups is 3. The van der Waals surface area contributed by atoms with E-state index in [1.165, 1.54) is 6.07 Å². The van der Waals surface area contributed by atoms with E-state index in [-0.39, 0.29) is 18.1 Å². The maximum absolute atomic E-state index is 12.6. The number of nitrogens with zero attached hydrogens (tertiary/aromatic N) is 1. The summed E-state index contributed by atoms with van der Waals surface area (Å²) in [6.07, 6.45) is 0. The Kier molecular flexibility index (Phi) is 7.71. The van der Waals surface area contributed by atoms with Crippen LogP contribution in [0.1, 0.15) is 38.0 Å². The summed E-state index contributed by atoms with van der Waals surface area (Å²) in [7, 11) is 3.84. The Hall–Kier alpha value is -3.19. The fraction of sp³-hybridized carbons (Fsp3) is 0.286. The van der Waals surface area contributed by atoms with Crippen molar-refractivity contribution >= 4 is 23.5 Å². The summed E-state index contributed by atoms with van der Waals surface area (Å²) in [6, 6.07) is 13.0. The van der Waals surface area contributed by atoms with Gasteiger partial charge in [-0.15, -0.1) is 0 Å². The van der Waals surface area contributed by atoms with Gasteiger partial charge in [0.15, 0.2) is 0 Å². The van der Waals surface area contributed by atoms with Crippen LogP contribution >= 0.6 is 0 Å². The van der Waals surface area contributed by atoms with E-state index in [1.807, 2.05) is 19.0 Å². The van der Waals surface area contributed by atoms with Crippen LogP contribution in [0.3, 0.4) is 0 Å². The van der Waals surface area contributed by atoms with Crippen LogP contribution in [0.5, 0.6) is 0 Å². The number of hydrogen-bond acceptors (Lipinski definition) is 5. The van der Waals surface area contributed by atoms with Gasteiger partial charge in [0.05, 0.1) is 17.9 Å². The molecule has 2 rings (SSSR count). The van der Waals surface area contributed by atoms with Gasteiger partial charge in [-0.2, -0.15) is 0 Å². The second-order valence-electron chi connectivity index (χ2n) is 6.36. The van der Waals surface area contributed by atoms with Crippen molar-refractivity contribution in [3.8, 4) is 0 Å². The number of likely N-dealkylation sites (N-methyl/N-ethyl adjacent to an activating group) is 1. The number of hydrogen-bond donors (Lipinski definition) is 2. The van der Waals surface area contributed by atoms with E-state index in [2.05, 4.69) is 10.6 Å². The van der Waals surface area contributed by atoms with Crippen LogP contribution in [0.4, 0.5) is 5.69 Å². The fourth-order valence-electron chi connectivity index (χ4n) is 2.47. The highest BCUT2D eigenvalue weighted by Crippen LogP contribution is 2.18. The number of rotatable bonds is 8. The molecule has 28 heavy (non-hydrogen) atoms. The van der Waals surface area contributed by atoms with Gasteiger partial charge in [0.1, 0.15) is 0 Å². The maximum Gasteiger partial charge on any atom is 0.340 e. The highest BCUT2D eigenvalue weighted by Gasteiger charge is 2.16. The third kappa shape index (κ3) is 5.92. The molecule has 0 aliphatic heterocycles. The molecule has 0 unspecified atom stereocenters. The normalized spacial score (nSPS) is 10.4. The van der Waals surface area contributed by atoms with Crippen molar-refractivity contribution in [1.82, 2.24) is 10.2 Å². The minimum Gasteiger partial charge on any atom is -0.462 e. The number of carbonyl (C=O) groups excluding carboxylic acids is 3. The van der Waals surface area contributed by atoms with Gasteiger partial charge in [-0.05, 0) is 51.4 Å². The van der Waals surface area contributed by atoms with Gasteiger partial charge in [-0.3, -0.25) is 9.59 Å².